The second kappa shape index (κ2) is 13.8. The SMILES string of the molecule is C=CCOc1c(C)cc(C)cc1[Si](C)(C)C1c2cc(-c3ccccc3C(C)CC)ccc2-c2ccc(-c3ccccc3C(C)CC)cc21. The highest BCUT2D eigenvalue weighted by atomic mass is 28.3. The average molecular weight is 649 g/mol. The lowest BCUT2D eigenvalue weighted by molar-refractivity contribution is 0.363. The van der Waals surface area contributed by atoms with Crippen LogP contribution in [0.3, 0.4) is 0 Å². The van der Waals surface area contributed by atoms with E-state index in [1.807, 2.05) is 6.08 Å². The van der Waals surface area contributed by atoms with Gasteiger partial charge in [-0.05, 0) is 105 Å². The van der Waals surface area contributed by atoms with Crippen LogP contribution in [0.1, 0.15) is 91.3 Å². The molecule has 2 heteroatoms. The van der Waals surface area contributed by atoms with E-state index in [0.717, 1.165) is 18.6 Å². The quantitative estimate of drug-likeness (QED) is 0.102. The first-order valence-electron chi connectivity index (χ1n) is 17.9. The van der Waals surface area contributed by atoms with Gasteiger partial charge in [0.2, 0.25) is 0 Å². The van der Waals surface area contributed by atoms with Gasteiger partial charge in [-0.1, -0.05) is 156 Å². The number of aryl methyl sites for hydroxylation is 2. The maximum atomic E-state index is 6.51. The number of benzene rings is 5. The highest BCUT2D eigenvalue weighted by Gasteiger charge is 2.44. The molecular weight excluding hydrogens is 597 g/mol. The van der Waals surface area contributed by atoms with Gasteiger partial charge in [0.05, 0.1) is 8.07 Å². The second-order valence-electron chi connectivity index (χ2n) is 14.6. The zero-order chi connectivity index (χ0) is 34.2. The van der Waals surface area contributed by atoms with Crippen LogP contribution >= 0.6 is 0 Å². The van der Waals surface area contributed by atoms with Crippen LogP contribution in [0.5, 0.6) is 5.75 Å². The van der Waals surface area contributed by atoms with E-state index in [-0.39, 0.29) is 5.54 Å². The molecule has 2 unspecified atom stereocenters. The van der Waals surface area contributed by atoms with Gasteiger partial charge in [-0.2, -0.15) is 0 Å². The zero-order valence-electron chi connectivity index (χ0n) is 30.3. The second-order valence-corrected chi connectivity index (χ2v) is 19.2. The van der Waals surface area contributed by atoms with Crippen molar-refractivity contribution >= 4 is 13.3 Å². The lowest BCUT2D eigenvalue weighted by Crippen LogP contribution is -2.48. The summed E-state index contributed by atoms with van der Waals surface area (Å²) in [5, 5.41) is 1.39. The predicted octanol–water partition coefficient (Wildman–Crippen LogP) is 12.5. The Kier molecular flexibility index (Phi) is 9.68. The topological polar surface area (TPSA) is 9.23 Å². The molecule has 5 aromatic rings. The van der Waals surface area contributed by atoms with Crippen molar-refractivity contribution in [1.29, 1.82) is 0 Å². The molecule has 246 valence electrons. The summed E-state index contributed by atoms with van der Waals surface area (Å²) in [5.74, 6) is 2.05. The molecule has 0 N–H and O–H groups in total. The molecule has 5 aromatic carbocycles. The first-order valence-corrected chi connectivity index (χ1v) is 21.0. The summed E-state index contributed by atoms with van der Waals surface area (Å²) in [5.41, 5.74) is 16.6. The molecule has 48 heavy (non-hydrogen) atoms. The molecule has 6 rings (SSSR count). The van der Waals surface area contributed by atoms with Crippen molar-refractivity contribution in [3.05, 3.63) is 143 Å². The van der Waals surface area contributed by atoms with Crippen LogP contribution in [-0.2, 0) is 0 Å². The van der Waals surface area contributed by atoms with E-state index in [1.54, 1.807) is 0 Å². The summed E-state index contributed by atoms with van der Waals surface area (Å²) < 4.78 is 6.51. The third-order valence-electron chi connectivity index (χ3n) is 11.0. The molecule has 0 aromatic heterocycles. The molecule has 0 bridgehead atoms. The van der Waals surface area contributed by atoms with Crippen LogP contribution in [0.25, 0.3) is 33.4 Å². The smallest absolute Gasteiger partial charge is 0.121 e. The summed E-state index contributed by atoms with van der Waals surface area (Å²) in [6, 6.07) is 37.3. The Bertz CT molecular complexity index is 1860. The molecule has 0 amide bonds. The molecule has 1 aliphatic carbocycles. The van der Waals surface area contributed by atoms with Crippen molar-refractivity contribution in [2.24, 2.45) is 0 Å². The van der Waals surface area contributed by atoms with Gasteiger partial charge in [0.15, 0.2) is 0 Å². The Labute approximate surface area is 290 Å². The largest absolute Gasteiger partial charge is 0.489 e. The van der Waals surface area contributed by atoms with E-state index in [0.29, 0.717) is 18.4 Å². The van der Waals surface area contributed by atoms with E-state index in [2.05, 4.69) is 158 Å². The predicted molar refractivity (Wildman–Crippen MR) is 211 cm³/mol. The minimum absolute atomic E-state index is 0.265. The van der Waals surface area contributed by atoms with Gasteiger partial charge in [-0.15, -0.1) is 0 Å². The molecule has 0 aliphatic heterocycles. The van der Waals surface area contributed by atoms with Crippen molar-refractivity contribution < 1.29 is 4.74 Å². The van der Waals surface area contributed by atoms with Gasteiger partial charge in [0.1, 0.15) is 12.4 Å². The van der Waals surface area contributed by atoms with Gasteiger partial charge in [-0.3, -0.25) is 0 Å². The monoisotopic (exact) mass is 648 g/mol. The molecule has 0 saturated carbocycles. The fraction of sp³-hybridized carbons (Fsp3) is 0.304. The maximum absolute atomic E-state index is 6.51. The van der Waals surface area contributed by atoms with Crippen molar-refractivity contribution in [1.82, 2.24) is 0 Å². The lowest BCUT2D eigenvalue weighted by atomic mass is 9.89. The lowest BCUT2D eigenvalue weighted by Gasteiger charge is -2.34. The fourth-order valence-electron chi connectivity index (χ4n) is 8.12. The Hall–Kier alpha value is -4.14. The average Bonchev–Trinajstić information content (AvgIpc) is 3.44. The van der Waals surface area contributed by atoms with E-state index >= 15 is 0 Å². The molecule has 0 saturated heterocycles. The molecule has 0 radical (unpaired) electrons. The van der Waals surface area contributed by atoms with E-state index in [9.17, 15) is 0 Å². The fourth-order valence-corrected chi connectivity index (χ4v) is 11.9. The Morgan fingerprint density at radius 1 is 0.688 bits per heavy atom. The molecule has 2 atom stereocenters. The Balaban J connectivity index is 1.60. The van der Waals surface area contributed by atoms with Crippen LogP contribution in [0, 0.1) is 13.8 Å². The normalized spacial score (nSPS) is 15.0. The van der Waals surface area contributed by atoms with Crippen LogP contribution < -0.4 is 9.92 Å². The molecule has 0 spiro atoms. The highest BCUT2D eigenvalue weighted by Crippen LogP contribution is 2.52. The standard InChI is InChI=1S/C46H52OSi/c1-10-25-47-45-33(7)26-30(4)27-44(45)48(8,9)46-42-28-34(38-19-15-13-17-36(38)31(5)11-2)21-23-40(42)41-24-22-35(29-43(41)46)39-20-16-14-18-37(39)32(6)12-3/h10,13-24,26-29,31-32,46H,1,11-12,25H2,2-9H3. The third-order valence-corrected chi connectivity index (χ3v) is 14.9. The van der Waals surface area contributed by atoms with E-state index in [1.165, 1.54) is 71.9 Å². The molecule has 0 fully saturated rings. The van der Waals surface area contributed by atoms with Crippen molar-refractivity contribution in [3.63, 3.8) is 0 Å². The van der Waals surface area contributed by atoms with Crippen LogP contribution in [0.4, 0.5) is 0 Å². The molecule has 1 aliphatic rings. The Morgan fingerprint density at radius 2 is 1.19 bits per heavy atom. The summed E-state index contributed by atoms with van der Waals surface area (Å²) in [4.78, 5) is 0. The van der Waals surface area contributed by atoms with Crippen molar-refractivity contribution in [2.45, 2.75) is 84.9 Å². The third kappa shape index (κ3) is 6.01. The number of rotatable bonds is 11. The Morgan fingerprint density at radius 3 is 1.67 bits per heavy atom. The summed E-state index contributed by atoms with van der Waals surface area (Å²) in [6.45, 7) is 23.3. The number of ether oxygens (including phenoxy) is 1. The van der Waals surface area contributed by atoms with Crippen molar-refractivity contribution in [3.8, 4) is 39.1 Å². The molecule has 1 nitrogen and oxygen atoms in total. The number of fused-ring (bicyclic) bond motifs is 3. The number of hydrogen-bond donors (Lipinski definition) is 0. The van der Waals surface area contributed by atoms with Crippen LogP contribution in [0.15, 0.2) is 110 Å². The van der Waals surface area contributed by atoms with Crippen molar-refractivity contribution in [2.75, 3.05) is 6.61 Å². The first-order chi connectivity index (χ1) is 23.1. The molecule has 0 heterocycles. The minimum atomic E-state index is -2.30. The van der Waals surface area contributed by atoms with Crippen LogP contribution in [-0.4, -0.2) is 14.7 Å². The summed E-state index contributed by atoms with van der Waals surface area (Å²) in [7, 11) is -2.30. The van der Waals surface area contributed by atoms with E-state index in [4.69, 9.17) is 4.74 Å². The van der Waals surface area contributed by atoms with Crippen LogP contribution in [0.2, 0.25) is 13.1 Å². The van der Waals surface area contributed by atoms with E-state index < -0.39 is 8.07 Å². The van der Waals surface area contributed by atoms with Gasteiger partial charge >= 0.3 is 0 Å². The minimum Gasteiger partial charge on any atom is -0.489 e. The summed E-state index contributed by atoms with van der Waals surface area (Å²) in [6.07, 6.45) is 4.11. The number of hydrogen-bond acceptors (Lipinski definition) is 1. The highest BCUT2D eigenvalue weighted by molar-refractivity contribution is 6.92. The van der Waals surface area contributed by atoms with Gasteiger partial charge in [0, 0.05) is 5.54 Å². The zero-order valence-corrected chi connectivity index (χ0v) is 31.3. The van der Waals surface area contributed by atoms with Gasteiger partial charge in [0.25, 0.3) is 0 Å². The molecular formula is C46H52OSi. The maximum Gasteiger partial charge on any atom is 0.121 e. The van der Waals surface area contributed by atoms with Gasteiger partial charge < -0.3 is 4.74 Å². The van der Waals surface area contributed by atoms with Gasteiger partial charge in [-0.25, -0.2) is 0 Å². The summed E-state index contributed by atoms with van der Waals surface area (Å²) >= 11 is 0. The first kappa shape index (κ1) is 33.7.